The van der Waals surface area contributed by atoms with E-state index < -0.39 is 23.6 Å². The number of likely N-dealkylation sites (N-methyl/N-ethyl adjacent to an activating group) is 1. The number of amides is 1. The minimum Gasteiger partial charge on any atom is -0.494 e. The molecule has 2 rings (SSSR count). The van der Waals surface area contributed by atoms with E-state index in [1.807, 2.05) is 6.92 Å². The molecule has 0 bridgehead atoms. The van der Waals surface area contributed by atoms with Crippen LogP contribution in [0.4, 0.5) is 14.5 Å². The van der Waals surface area contributed by atoms with Crippen LogP contribution in [0.1, 0.15) is 18.5 Å². The summed E-state index contributed by atoms with van der Waals surface area (Å²) in [5.41, 5.74) is 0.248. The maximum atomic E-state index is 14.0. The first-order chi connectivity index (χ1) is 11.4. The Hall–Kier alpha value is -2.47. The van der Waals surface area contributed by atoms with Gasteiger partial charge in [-0.2, -0.15) is 0 Å². The summed E-state index contributed by atoms with van der Waals surface area (Å²) in [7, 11) is 3.18. The van der Waals surface area contributed by atoms with E-state index in [0.717, 1.165) is 12.1 Å². The number of anilines is 1. The van der Waals surface area contributed by atoms with Crippen LogP contribution in [0.5, 0.6) is 5.75 Å². The van der Waals surface area contributed by atoms with E-state index >= 15 is 0 Å². The van der Waals surface area contributed by atoms with Gasteiger partial charge in [-0.1, -0.05) is 6.07 Å². The lowest BCUT2D eigenvalue weighted by molar-refractivity contribution is -0.120. The van der Waals surface area contributed by atoms with Gasteiger partial charge in [-0.25, -0.2) is 8.78 Å². The molecule has 0 spiro atoms. The third kappa shape index (κ3) is 4.08. The summed E-state index contributed by atoms with van der Waals surface area (Å²) in [4.78, 5) is 14.0. The highest BCUT2D eigenvalue weighted by molar-refractivity contribution is 5.95. The number of hydrogen-bond donors (Lipinski definition) is 1. The molecule has 2 aromatic carbocycles. The van der Waals surface area contributed by atoms with Gasteiger partial charge in [0.05, 0.1) is 12.2 Å². The molecular formula is C18H20F2N2O2. The molecule has 24 heavy (non-hydrogen) atoms. The molecule has 0 heterocycles. The molecule has 4 nitrogen and oxygen atoms in total. The molecule has 0 radical (unpaired) electrons. The monoisotopic (exact) mass is 334 g/mol. The third-order valence-electron chi connectivity index (χ3n) is 3.47. The maximum Gasteiger partial charge on any atom is 0.246 e. The lowest BCUT2D eigenvalue weighted by Gasteiger charge is -2.24. The van der Waals surface area contributed by atoms with Crippen LogP contribution in [-0.2, 0) is 4.79 Å². The van der Waals surface area contributed by atoms with Gasteiger partial charge in [0.1, 0.15) is 23.4 Å². The highest BCUT2D eigenvalue weighted by Crippen LogP contribution is 2.26. The first kappa shape index (κ1) is 17.9. The maximum absolute atomic E-state index is 14.0. The molecule has 0 aliphatic heterocycles. The van der Waals surface area contributed by atoms with Crippen LogP contribution in [0.3, 0.4) is 0 Å². The second-order valence-corrected chi connectivity index (χ2v) is 5.45. The van der Waals surface area contributed by atoms with Crippen LogP contribution < -0.4 is 10.1 Å². The number of rotatable bonds is 6. The summed E-state index contributed by atoms with van der Waals surface area (Å²) in [5, 5.41) is 2.68. The van der Waals surface area contributed by atoms with Crippen molar-refractivity contribution in [3.8, 4) is 5.75 Å². The van der Waals surface area contributed by atoms with Crippen LogP contribution in [-0.4, -0.2) is 31.5 Å². The van der Waals surface area contributed by atoms with Crippen molar-refractivity contribution in [3.05, 3.63) is 59.7 Å². The van der Waals surface area contributed by atoms with Gasteiger partial charge in [0.15, 0.2) is 0 Å². The first-order valence-electron chi connectivity index (χ1n) is 7.58. The zero-order valence-corrected chi connectivity index (χ0v) is 13.8. The highest BCUT2D eigenvalue weighted by atomic mass is 19.1. The Morgan fingerprint density at radius 1 is 1.12 bits per heavy atom. The van der Waals surface area contributed by atoms with E-state index in [4.69, 9.17) is 4.74 Å². The number of hydrogen-bond acceptors (Lipinski definition) is 3. The fourth-order valence-corrected chi connectivity index (χ4v) is 2.41. The molecule has 1 amide bonds. The standard InChI is InChI=1S/C18H20F2N2O2/c1-4-24-13-10-8-12(9-11-13)21-18(23)17(22(2)3)16-14(19)6-5-7-15(16)20/h5-11,17H,4H2,1-3H3,(H,21,23)/t17-/m0/s1. The van der Waals surface area contributed by atoms with Crippen molar-refractivity contribution in [1.29, 1.82) is 0 Å². The fourth-order valence-electron chi connectivity index (χ4n) is 2.41. The molecule has 0 aliphatic rings. The molecule has 0 aliphatic carbocycles. The van der Waals surface area contributed by atoms with Crippen LogP contribution in [0.15, 0.2) is 42.5 Å². The van der Waals surface area contributed by atoms with Gasteiger partial charge in [0, 0.05) is 5.69 Å². The molecule has 6 heteroatoms. The molecule has 128 valence electrons. The Bertz CT molecular complexity index is 682. The summed E-state index contributed by atoms with van der Waals surface area (Å²) in [5.74, 6) is -1.35. The number of nitrogens with zero attached hydrogens (tertiary/aromatic N) is 1. The van der Waals surface area contributed by atoms with E-state index in [9.17, 15) is 13.6 Å². The van der Waals surface area contributed by atoms with Crippen LogP contribution in [0.2, 0.25) is 0 Å². The van der Waals surface area contributed by atoms with Gasteiger partial charge in [0.25, 0.3) is 0 Å². The van der Waals surface area contributed by atoms with Gasteiger partial charge in [-0.15, -0.1) is 0 Å². The summed E-state index contributed by atoms with van der Waals surface area (Å²) in [6, 6.07) is 9.24. The number of benzene rings is 2. The normalized spacial score (nSPS) is 12.1. The summed E-state index contributed by atoms with van der Waals surface area (Å²) < 4.78 is 33.4. The number of carbonyl (C=O) groups is 1. The smallest absolute Gasteiger partial charge is 0.246 e. The van der Waals surface area contributed by atoms with Crippen LogP contribution in [0, 0.1) is 11.6 Å². The molecule has 0 fully saturated rings. The van der Waals surface area contributed by atoms with E-state index in [1.54, 1.807) is 38.4 Å². The summed E-state index contributed by atoms with van der Waals surface area (Å²) >= 11 is 0. The zero-order chi connectivity index (χ0) is 17.7. The number of carbonyl (C=O) groups excluding carboxylic acids is 1. The zero-order valence-electron chi connectivity index (χ0n) is 13.8. The Balaban J connectivity index is 2.24. The molecule has 0 aromatic heterocycles. The summed E-state index contributed by atoms with van der Waals surface area (Å²) in [6.07, 6.45) is 0. The minimum atomic E-state index is -1.09. The van der Waals surface area contributed by atoms with E-state index in [2.05, 4.69) is 5.32 Å². The van der Waals surface area contributed by atoms with Crippen LogP contribution >= 0.6 is 0 Å². The van der Waals surface area contributed by atoms with Gasteiger partial charge >= 0.3 is 0 Å². The summed E-state index contributed by atoms with van der Waals surface area (Å²) in [6.45, 7) is 2.42. The Kier molecular flexibility index (Phi) is 5.87. The molecule has 0 saturated carbocycles. The minimum absolute atomic E-state index is 0.272. The van der Waals surface area contributed by atoms with E-state index in [1.165, 1.54) is 11.0 Å². The second-order valence-electron chi connectivity index (χ2n) is 5.45. The quantitative estimate of drug-likeness (QED) is 0.877. The van der Waals surface area contributed by atoms with Crippen molar-refractivity contribution < 1.29 is 18.3 Å². The molecular weight excluding hydrogens is 314 g/mol. The van der Waals surface area contributed by atoms with E-state index in [-0.39, 0.29) is 5.56 Å². The SMILES string of the molecule is CCOc1ccc(NC(=O)[C@H](c2c(F)cccc2F)N(C)C)cc1. The lowest BCUT2D eigenvalue weighted by atomic mass is 10.0. The topological polar surface area (TPSA) is 41.6 Å². The van der Waals surface area contributed by atoms with Gasteiger partial charge in [0.2, 0.25) is 5.91 Å². The second kappa shape index (κ2) is 7.88. The highest BCUT2D eigenvalue weighted by Gasteiger charge is 2.29. The van der Waals surface area contributed by atoms with Gasteiger partial charge in [-0.05, 0) is 57.4 Å². The molecule has 0 saturated heterocycles. The number of halogens is 2. The average molecular weight is 334 g/mol. The van der Waals surface area contributed by atoms with Gasteiger partial charge in [-0.3, -0.25) is 9.69 Å². The van der Waals surface area contributed by atoms with E-state index in [0.29, 0.717) is 18.0 Å². The Morgan fingerprint density at radius 3 is 2.21 bits per heavy atom. The molecule has 1 N–H and O–H groups in total. The number of ether oxygens (including phenoxy) is 1. The van der Waals surface area contributed by atoms with Crippen molar-refractivity contribution in [1.82, 2.24) is 4.90 Å². The third-order valence-corrected chi connectivity index (χ3v) is 3.47. The largest absolute Gasteiger partial charge is 0.494 e. The first-order valence-corrected chi connectivity index (χ1v) is 7.58. The molecule has 1 atom stereocenters. The Labute approximate surface area is 140 Å². The fraction of sp³-hybridized carbons (Fsp3) is 0.278. The average Bonchev–Trinajstić information content (AvgIpc) is 2.52. The van der Waals surface area contributed by atoms with Crippen molar-refractivity contribution >= 4 is 11.6 Å². The van der Waals surface area contributed by atoms with Crippen molar-refractivity contribution in [2.45, 2.75) is 13.0 Å². The predicted octanol–water partition coefficient (Wildman–Crippen LogP) is 3.60. The van der Waals surface area contributed by atoms with Crippen molar-refractivity contribution in [3.63, 3.8) is 0 Å². The number of nitrogens with one attached hydrogen (secondary N) is 1. The van der Waals surface area contributed by atoms with Gasteiger partial charge < -0.3 is 10.1 Å². The van der Waals surface area contributed by atoms with Crippen molar-refractivity contribution in [2.24, 2.45) is 0 Å². The lowest BCUT2D eigenvalue weighted by Crippen LogP contribution is -2.33. The van der Waals surface area contributed by atoms with Crippen molar-refractivity contribution in [2.75, 3.05) is 26.0 Å². The molecule has 2 aromatic rings. The molecule has 0 unspecified atom stereocenters. The predicted molar refractivity (Wildman–Crippen MR) is 89.0 cm³/mol. The van der Waals surface area contributed by atoms with Crippen LogP contribution in [0.25, 0.3) is 0 Å². The Morgan fingerprint density at radius 2 is 1.71 bits per heavy atom.